The van der Waals surface area contributed by atoms with Crippen molar-refractivity contribution >= 4 is 17.8 Å². The average molecular weight is 385 g/mol. The fraction of sp³-hybridized carbons (Fsp3) is 0.857. The van der Waals surface area contributed by atoms with Gasteiger partial charge in [0.2, 0.25) is 11.8 Å². The van der Waals surface area contributed by atoms with E-state index in [0.29, 0.717) is 13.0 Å². The first-order valence-corrected chi connectivity index (χ1v) is 10.7. The summed E-state index contributed by atoms with van der Waals surface area (Å²) in [5.41, 5.74) is 0. The Morgan fingerprint density at radius 2 is 1.33 bits per heavy atom. The number of likely N-dealkylation sites (N-methyl/N-ethyl adjacent to an activating group) is 1. The fourth-order valence-electron chi connectivity index (χ4n) is 3.13. The van der Waals surface area contributed by atoms with Gasteiger partial charge >= 0.3 is 5.97 Å². The number of amides is 2. The topological polar surface area (TPSA) is 77.9 Å². The molecule has 0 saturated heterocycles. The molecule has 0 rings (SSSR count). The van der Waals surface area contributed by atoms with Gasteiger partial charge in [-0.25, -0.2) is 4.79 Å². The van der Waals surface area contributed by atoms with Gasteiger partial charge in [-0.3, -0.25) is 9.59 Å². The molecule has 0 aliphatic rings. The molecule has 0 aromatic heterocycles. The summed E-state index contributed by atoms with van der Waals surface area (Å²) in [5.74, 6) is -1.15. The summed E-state index contributed by atoms with van der Waals surface area (Å²) < 4.78 is 0. The quantitative estimate of drug-likeness (QED) is 0.407. The molecule has 1 atom stereocenters. The summed E-state index contributed by atoms with van der Waals surface area (Å²) in [7, 11) is 0. The Balaban J connectivity index is 4.87. The summed E-state index contributed by atoms with van der Waals surface area (Å²) in [5, 5.41) is 9.61. The lowest BCUT2D eigenvalue weighted by atomic mass is 10.1. The van der Waals surface area contributed by atoms with E-state index < -0.39 is 12.0 Å². The monoisotopic (exact) mass is 384 g/mol. The third-order valence-corrected chi connectivity index (χ3v) is 4.86. The number of rotatable bonds is 16. The van der Waals surface area contributed by atoms with Crippen molar-refractivity contribution in [3.8, 4) is 0 Å². The lowest BCUT2D eigenvalue weighted by molar-refractivity contribution is -0.151. The molecule has 2 amide bonds. The highest BCUT2D eigenvalue weighted by molar-refractivity contribution is 5.84. The van der Waals surface area contributed by atoms with Crippen LogP contribution in [0.2, 0.25) is 0 Å². The first-order chi connectivity index (χ1) is 12.9. The summed E-state index contributed by atoms with van der Waals surface area (Å²) in [6.45, 7) is 9.84. The normalized spacial score (nSPS) is 11.9. The molecule has 0 heterocycles. The molecule has 0 aliphatic heterocycles. The maximum absolute atomic E-state index is 12.6. The number of carbonyl (C=O) groups excluding carboxylic acids is 2. The van der Waals surface area contributed by atoms with Crippen molar-refractivity contribution in [1.82, 2.24) is 9.80 Å². The van der Waals surface area contributed by atoms with Gasteiger partial charge in [0, 0.05) is 32.5 Å². The van der Waals surface area contributed by atoms with Crippen LogP contribution in [0.25, 0.3) is 0 Å². The van der Waals surface area contributed by atoms with E-state index in [1.807, 2.05) is 4.90 Å². The highest BCUT2D eigenvalue weighted by Gasteiger charge is 2.29. The van der Waals surface area contributed by atoms with E-state index in [1.165, 1.54) is 4.90 Å². The number of hydrogen-bond donors (Lipinski definition) is 1. The van der Waals surface area contributed by atoms with Crippen LogP contribution in [0.5, 0.6) is 0 Å². The van der Waals surface area contributed by atoms with Crippen molar-refractivity contribution in [1.29, 1.82) is 0 Å². The van der Waals surface area contributed by atoms with Crippen LogP contribution in [0.1, 0.15) is 91.9 Å². The number of carboxylic acids is 1. The Kier molecular flexibility index (Phi) is 14.6. The van der Waals surface area contributed by atoms with Crippen LogP contribution in [-0.4, -0.2) is 58.4 Å². The van der Waals surface area contributed by atoms with Crippen molar-refractivity contribution in [3.63, 3.8) is 0 Å². The van der Waals surface area contributed by atoms with E-state index in [1.54, 1.807) is 6.92 Å². The number of nitrogens with zero attached hydrogens (tertiary/aromatic N) is 2. The first-order valence-electron chi connectivity index (χ1n) is 10.7. The maximum atomic E-state index is 12.6. The fourth-order valence-corrected chi connectivity index (χ4v) is 3.13. The second kappa shape index (κ2) is 15.5. The zero-order valence-corrected chi connectivity index (χ0v) is 17.8. The van der Waals surface area contributed by atoms with Gasteiger partial charge in [0.1, 0.15) is 6.04 Å². The highest BCUT2D eigenvalue weighted by atomic mass is 16.4. The van der Waals surface area contributed by atoms with E-state index in [2.05, 4.69) is 20.8 Å². The summed E-state index contributed by atoms with van der Waals surface area (Å²) in [4.78, 5) is 40.0. The third kappa shape index (κ3) is 10.4. The highest BCUT2D eigenvalue weighted by Crippen LogP contribution is 2.14. The van der Waals surface area contributed by atoms with Crippen LogP contribution in [0.3, 0.4) is 0 Å². The summed E-state index contributed by atoms with van der Waals surface area (Å²) in [6.07, 6.45) is 7.42. The van der Waals surface area contributed by atoms with Gasteiger partial charge < -0.3 is 14.9 Å². The molecule has 0 aromatic rings. The van der Waals surface area contributed by atoms with Crippen molar-refractivity contribution in [2.45, 2.75) is 97.9 Å². The predicted molar refractivity (Wildman–Crippen MR) is 109 cm³/mol. The Labute approximate surface area is 165 Å². The molecule has 158 valence electrons. The molecule has 0 spiro atoms. The molecular weight excluding hydrogens is 344 g/mol. The van der Waals surface area contributed by atoms with Crippen LogP contribution >= 0.6 is 0 Å². The molecule has 0 saturated carbocycles. The Morgan fingerprint density at radius 3 is 1.78 bits per heavy atom. The lowest BCUT2D eigenvalue weighted by Crippen LogP contribution is -2.45. The van der Waals surface area contributed by atoms with E-state index >= 15 is 0 Å². The smallest absolute Gasteiger partial charge is 0.326 e. The van der Waals surface area contributed by atoms with Gasteiger partial charge in [-0.05, 0) is 32.6 Å². The molecule has 6 heteroatoms. The molecule has 0 radical (unpaired) electrons. The second-order valence-electron chi connectivity index (χ2n) is 7.12. The van der Waals surface area contributed by atoms with Crippen LogP contribution in [0, 0.1) is 0 Å². The molecule has 0 unspecified atom stereocenters. The van der Waals surface area contributed by atoms with E-state index in [9.17, 15) is 19.5 Å². The molecule has 1 N–H and O–H groups in total. The second-order valence-corrected chi connectivity index (χ2v) is 7.12. The molecule has 0 aliphatic carbocycles. The number of hydrogen-bond acceptors (Lipinski definition) is 3. The van der Waals surface area contributed by atoms with Gasteiger partial charge in [-0.1, -0.05) is 46.5 Å². The zero-order chi connectivity index (χ0) is 20.7. The van der Waals surface area contributed by atoms with E-state index in [0.717, 1.165) is 58.0 Å². The Morgan fingerprint density at radius 1 is 0.778 bits per heavy atom. The zero-order valence-electron chi connectivity index (χ0n) is 17.8. The molecule has 0 aromatic carbocycles. The van der Waals surface area contributed by atoms with E-state index in [-0.39, 0.29) is 24.7 Å². The van der Waals surface area contributed by atoms with Crippen LogP contribution in [0.4, 0.5) is 0 Å². The molecular formula is C21H40N2O4. The van der Waals surface area contributed by atoms with Crippen molar-refractivity contribution < 1.29 is 19.5 Å². The largest absolute Gasteiger partial charge is 0.480 e. The average Bonchev–Trinajstić information content (AvgIpc) is 2.64. The van der Waals surface area contributed by atoms with Crippen molar-refractivity contribution in [2.75, 3.05) is 19.6 Å². The van der Waals surface area contributed by atoms with E-state index in [4.69, 9.17) is 0 Å². The van der Waals surface area contributed by atoms with Gasteiger partial charge in [-0.2, -0.15) is 0 Å². The van der Waals surface area contributed by atoms with Crippen LogP contribution in [-0.2, 0) is 14.4 Å². The Hall–Kier alpha value is -1.59. The molecule has 27 heavy (non-hydrogen) atoms. The molecule has 0 fully saturated rings. The van der Waals surface area contributed by atoms with Crippen LogP contribution in [0.15, 0.2) is 0 Å². The summed E-state index contributed by atoms with van der Waals surface area (Å²) >= 11 is 0. The number of carbonyl (C=O) groups is 3. The lowest BCUT2D eigenvalue weighted by Gasteiger charge is -2.29. The minimum Gasteiger partial charge on any atom is -0.480 e. The first kappa shape index (κ1) is 25.4. The minimum atomic E-state index is -1.03. The maximum Gasteiger partial charge on any atom is 0.326 e. The SMILES string of the molecule is CCCCCC(=O)N(CC)[C@@H](CCC(=O)N(CCCC)CCCC)C(=O)O. The van der Waals surface area contributed by atoms with Crippen molar-refractivity contribution in [3.05, 3.63) is 0 Å². The number of aliphatic carboxylic acids is 1. The Bertz CT molecular complexity index is 432. The predicted octanol–water partition coefficient (Wildman–Crippen LogP) is 4.08. The standard InChI is InChI=1S/C21H40N2O4/c1-5-9-12-13-20(25)23(8-4)18(21(26)27)14-15-19(24)22(16-10-6-2)17-11-7-3/h18H,5-17H2,1-4H3,(H,26,27)/t18-/m0/s1. The number of carboxylic acid groups (broad SMARTS) is 1. The molecule has 0 bridgehead atoms. The third-order valence-electron chi connectivity index (χ3n) is 4.86. The minimum absolute atomic E-state index is 0.00219. The van der Waals surface area contributed by atoms with Crippen LogP contribution < -0.4 is 0 Å². The van der Waals surface area contributed by atoms with Gasteiger partial charge in [0.05, 0.1) is 0 Å². The molecule has 6 nitrogen and oxygen atoms in total. The van der Waals surface area contributed by atoms with Crippen molar-refractivity contribution in [2.24, 2.45) is 0 Å². The van der Waals surface area contributed by atoms with Gasteiger partial charge in [0.25, 0.3) is 0 Å². The summed E-state index contributed by atoms with van der Waals surface area (Å²) in [6, 6.07) is -0.924. The number of unbranched alkanes of at least 4 members (excludes halogenated alkanes) is 4. The van der Waals surface area contributed by atoms with Gasteiger partial charge in [-0.15, -0.1) is 0 Å². The van der Waals surface area contributed by atoms with Gasteiger partial charge in [0.15, 0.2) is 0 Å².